The zero-order valence-corrected chi connectivity index (χ0v) is 11.6. The summed E-state index contributed by atoms with van der Waals surface area (Å²) in [4.78, 5) is 22.9. The molecule has 1 amide bonds. The number of phenolic OH excluding ortho intramolecular Hbond substituents is 1. The number of rotatable bonds is 4. The maximum Gasteiger partial charge on any atom is 0.307 e. The van der Waals surface area contributed by atoms with Gasteiger partial charge in [-0.15, -0.1) is 0 Å². The van der Waals surface area contributed by atoms with Gasteiger partial charge in [0.05, 0.1) is 12.0 Å². The summed E-state index contributed by atoms with van der Waals surface area (Å²) >= 11 is 5.71. The fraction of sp³-hybridized carbons (Fsp3) is 0.0667. The Labute approximate surface area is 125 Å². The molecular weight excluding hydrogens is 294 g/mol. The molecule has 0 heterocycles. The number of para-hydroxylation sites is 1. The minimum absolute atomic E-state index is 0.0597. The molecule has 21 heavy (non-hydrogen) atoms. The van der Waals surface area contributed by atoms with Crippen LogP contribution in [-0.2, 0) is 11.2 Å². The minimum atomic E-state index is -0.994. The van der Waals surface area contributed by atoms with Crippen LogP contribution >= 0.6 is 11.6 Å². The van der Waals surface area contributed by atoms with Crippen LogP contribution in [0.15, 0.2) is 42.5 Å². The highest BCUT2D eigenvalue weighted by Gasteiger charge is 2.14. The van der Waals surface area contributed by atoms with Crippen LogP contribution in [0.3, 0.4) is 0 Å². The number of hydrogen-bond donors (Lipinski definition) is 3. The molecule has 0 atom stereocenters. The number of carboxylic acid groups (broad SMARTS) is 1. The van der Waals surface area contributed by atoms with Crippen molar-refractivity contribution in [2.45, 2.75) is 6.42 Å². The van der Waals surface area contributed by atoms with Gasteiger partial charge in [0, 0.05) is 10.7 Å². The Morgan fingerprint density at radius 3 is 2.52 bits per heavy atom. The molecule has 0 aliphatic carbocycles. The van der Waals surface area contributed by atoms with Crippen LogP contribution in [0.4, 0.5) is 5.69 Å². The van der Waals surface area contributed by atoms with Gasteiger partial charge < -0.3 is 15.5 Å². The van der Waals surface area contributed by atoms with Crippen molar-refractivity contribution in [2.24, 2.45) is 0 Å². The lowest BCUT2D eigenvalue weighted by Gasteiger charge is -2.10. The number of carbonyl (C=O) groups is 2. The zero-order chi connectivity index (χ0) is 15.4. The number of amides is 1. The Bertz CT molecular complexity index is 700. The van der Waals surface area contributed by atoms with E-state index in [0.29, 0.717) is 16.3 Å². The van der Waals surface area contributed by atoms with E-state index < -0.39 is 11.9 Å². The molecule has 5 nitrogen and oxygen atoms in total. The molecule has 0 aliphatic heterocycles. The first-order valence-electron chi connectivity index (χ1n) is 6.07. The summed E-state index contributed by atoms with van der Waals surface area (Å²) in [5.74, 6) is -1.77. The summed E-state index contributed by atoms with van der Waals surface area (Å²) in [6, 6.07) is 10.7. The van der Waals surface area contributed by atoms with Crippen molar-refractivity contribution in [3.63, 3.8) is 0 Å². The van der Waals surface area contributed by atoms with E-state index in [0.717, 1.165) is 0 Å². The first kappa shape index (κ1) is 14.9. The van der Waals surface area contributed by atoms with E-state index in [-0.39, 0.29) is 17.7 Å². The maximum absolute atomic E-state index is 12.1. The topological polar surface area (TPSA) is 86.6 Å². The van der Waals surface area contributed by atoms with E-state index >= 15 is 0 Å². The van der Waals surface area contributed by atoms with Gasteiger partial charge in [0.15, 0.2) is 0 Å². The number of anilines is 1. The molecule has 0 saturated carbocycles. The van der Waals surface area contributed by atoms with E-state index in [1.54, 1.807) is 24.3 Å². The third-order valence-electron chi connectivity index (χ3n) is 2.81. The number of aromatic hydroxyl groups is 1. The molecule has 0 unspecified atom stereocenters. The summed E-state index contributed by atoms with van der Waals surface area (Å²) in [6.07, 6.45) is -0.205. The highest BCUT2D eigenvalue weighted by molar-refractivity contribution is 6.31. The summed E-state index contributed by atoms with van der Waals surface area (Å²) in [7, 11) is 0. The number of carboxylic acids is 1. The fourth-order valence-electron chi connectivity index (χ4n) is 1.85. The molecule has 0 aliphatic rings. The number of carbonyl (C=O) groups excluding carboxylic acids is 1. The first-order chi connectivity index (χ1) is 9.97. The van der Waals surface area contributed by atoms with Crippen LogP contribution in [0, 0.1) is 0 Å². The van der Waals surface area contributed by atoms with Gasteiger partial charge in [-0.05, 0) is 29.8 Å². The van der Waals surface area contributed by atoms with Crippen molar-refractivity contribution in [1.82, 2.24) is 0 Å². The van der Waals surface area contributed by atoms with Crippen LogP contribution in [0.5, 0.6) is 5.75 Å². The van der Waals surface area contributed by atoms with Gasteiger partial charge in [-0.1, -0.05) is 29.8 Å². The van der Waals surface area contributed by atoms with Gasteiger partial charge in [-0.25, -0.2) is 0 Å². The van der Waals surface area contributed by atoms with Gasteiger partial charge in [-0.3, -0.25) is 9.59 Å². The SMILES string of the molecule is O=C(O)Cc1ccccc1NC(=O)c1ccc(Cl)cc1O. The van der Waals surface area contributed by atoms with Crippen molar-refractivity contribution in [1.29, 1.82) is 0 Å². The molecule has 0 saturated heterocycles. The van der Waals surface area contributed by atoms with Crippen molar-refractivity contribution in [3.8, 4) is 5.75 Å². The van der Waals surface area contributed by atoms with Crippen molar-refractivity contribution in [2.75, 3.05) is 5.32 Å². The highest BCUT2D eigenvalue weighted by Crippen LogP contribution is 2.24. The quantitative estimate of drug-likeness (QED) is 0.810. The predicted octanol–water partition coefficient (Wildman–Crippen LogP) is 2.93. The molecule has 0 radical (unpaired) electrons. The van der Waals surface area contributed by atoms with E-state index in [2.05, 4.69) is 5.32 Å². The Hall–Kier alpha value is -2.53. The lowest BCUT2D eigenvalue weighted by atomic mass is 10.1. The number of benzene rings is 2. The molecule has 0 fully saturated rings. The standard InChI is InChI=1S/C15H12ClNO4/c16-10-5-6-11(13(18)8-10)15(21)17-12-4-2-1-3-9(12)7-14(19)20/h1-6,8,18H,7H2,(H,17,21)(H,19,20). The molecule has 3 N–H and O–H groups in total. The van der Waals surface area contributed by atoms with Crippen molar-refractivity contribution < 1.29 is 19.8 Å². The second kappa shape index (κ2) is 6.28. The monoisotopic (exact) mass is 305 g/mol. The Balaban J connectivity index is 2.25. The minimum Gasteiger partial charge on any atom is -0.507 e. The normalized spacial score (nSPS) is 10.1. The predicted molar refractivity (Wildman–Crippen MR) is 78.9 cm³/mol. The smallest absolute Gasteiger partial charge is 0.307 e. The highest BCUT2D eigenvalue weighted by atomic mass is 35.5. The zero-order valence-electron chi connectivity index (χ0n) is 10.8. The molecule has 0 spiro atoms. The summed E-state index contributed by atoms with van der Waals surface area (Å²) in [6.45, 7) is 0. The number of aliphatic carboxylic acids is 1. The molecule has 2 rings (SSSR count). The van der Waals surface area contributed by atoms with E-state index in [1.165, 1.54) is 18.2 Å². The molecule has 6 heteroatoms. The number of phenols is 1. The van der Waals surface area contributed by atoms with Crippen LogP contribution in [0.2, 0.25) is 5.02 Å². The van der Waals surface area contributed by atoms with Gasteiger partial charge in [0.2, 0.25) is 0 Å². The Kier molecular flexibility index (Phi) is 4.45. The second-order valence-electron chi connectivity index (χ2n) is 4.34. The largest absolute Gasteiger partial charge is 0.507 e. The average Bonchev–Trinajstić information content (AvgIpc) is 2.40. The van der Waals surface area contributed by atoms with Gasteiger partial charge in [-0.2, -0.15) is 0 Å². The van der Waals surface area contributed by atoms with E-state index in [1.807, 2.05) is 0 Å². The third-order valence-corrected chi connectivity index (χ3v) is 3.05. The first-order valence-corrected chi connectivity index (χ1v) is 6.44. The van der Waals surface area contributed by atoms with E-state index in [4.69, 9.17) is 16.7 Å². The van der Waals surface area contributed by atoms with Gasteiger partial charge in [0.1, 0.15) is 5.75 Å². The van der Waals surface area contributed by atoms with Crippen molar-refractivity contribution in [3.05, 3.63) is 58.6 Å². The maximum atomic E-state index is 12.1. The van der Waals surface area contributed by atoms with Crippen molar-refractivity contribution >= 4 is 29.2 Å². The number of nitrogens with one attached hydrogen (secondary N) is 1. The third kappa shape index (κ3) is 3.73. The Morgan fingerprint density at radius 2 is 1.86 bits per heavy atom. The summed E-state index contributed by atoms with van der Waals surface area (Å²) in [5.41, 5.74) is 0.926. The summed E-state index contributed by atoms with van der Waals surface area (Å²) in [5, 5.41) is 21.5. The van der Waals surface area contributed by atoms with Gasteiger partial charge in [0.25, 0.3) is 5.91 Å². The molecule has 0 aromatic heterocycles. The van der Waals surface area contributed by atoms with Gasteiger partial charge >= 0.3 is 5.97 Å². The van der Waals surface area contributed by atoms with Crippen LogP contribution in [0.1, 0.15) is 15.9 Å². The molecule has 2 aromatic rings. The number of hydrogen-bond acceptors (Lipinski definition) is 3. The molecule has 2 aromatic carbocycles. The lowest BCUT2D eigenvalue weighted by molar-refractivity contribution is -0.136. The molecular formula is C15H12ClNO4. The Morgan fingerprint density at radius 1 is 1.14 bits per heavy atom. The molecule has 108 valence electrons. The van der Waals surface area contributed by atoms with Crippen LogP contribution in [-0.4, -0.2) is 22.1 Å². The average molecular weight is 306 g/mol. The van der Waals surface area contributed by atoms with Crippen LogP contribution < -0.4 is 5.32 Å². The fourth-order valence-corrected chi connectivity index (χ4v) is 2.01. The van der Waals surface area contributed by atoms with E-state index in [9.17, 15) is 14.7 Å². The van der Waals surface area contributed by atoms with Crippen LogP contribution in [0.25, 0.3) is 0 Å². The number of halogens is 1. The second-order valence-corrected chi connectivity index (χ2v) is 4.78. The lowest BCUT2D eigenvalue weighted by Crippen LogP contribution is -2.14. The summed E-state index contributed by atoms with van der Waals surface area (Å²) < 4.78 is 0. The molecule has 0 bridgehead atoms.